The van der Waals surface area contributed by atoms with Crippen LogP contribution in [-0.4, -0.2) is 36.5 Å². The molecule has 1 aliphatic heterocycles. The molecule has 82 valence electrons. The quantitative estimate of drug-likeness (QED) is 0.816. The van der Waals surface area contributed by atoms with E-state index in [1.54, 1.807) is 11.3 Å². The minimum atomic E-state index is 0.255. The van der Waals surface area contributed by atoms with Gasteiger partial charge in [0.25, 0.3) is 0 Å². The van der Waals surface area contributed by atoms with E-state index in [0.717, 1.165) is 24.5 Å². The van der Waals surface area contributed by atoms with Gasteiger partial charge in [-0.15, -0.1) is 11.3 Å². The highest BCUT2D eigenvalue weighted by atomic mass is 32.1. The van der Waals surface area contributed by atoms with Crippen molar-refractivity contribution in [1.82, 2.24) is 10.2 Å². The Kier molecular flexibility index (Phi) is 3.38. The van der Waals surface area contributed by atoms with Gasteiger partial charge < -0.3 is 10.2 Å². The van der Waals surface area contributed by atoms with Gasteiger partial charge in [-0.1, -0.05) is 6.07 Å². The van der Waals surface area contributed by atoms with Crippen LogP contribution in [0.5, 0.6) is 0 Å². The largest absolute Gasteiger partial charge is 0.340 e. The summed E-state index contributed by atoms with van der Waals surface area (Å²) in [5.41, 5.74) is 0. The predicted molar refractivity (Wildman–Crippen MR) is 62.1 cm³/mol. The molecular formula is C11H16N2OS. The van der Waals surface area contributed by atoms with Crippen molar-refractivity contribution in [2.45, 2.75) is 19.4 Å². The van der Waals surface area contributed by atoms with E-state index in [4.69, 9.17) is 0 Å². The molecular weight excluding hydrogens is 208 g/mol. The molecule has 1 amide bonds. The second-order valence-electron chi connectivity index (χ2n) is 3.95. The van der Waals surface area contributed by atoms with E-state index in [9.17, 15) is 4.79 Å². The molecule has 0 bridgehead atoms. The van der Waals surface area contributed by atoms with Crippen LogP contribution in [0.3, 0.4) is 0 Å². The van der Waals surface area contributed by atoms with Crippen molar-refractivity contribution in [2.24, 2.45) is 0 Å². The molecule has 0 aromatic carbocycles. The number of nitrogens with one attached hydrogen (secondary N) is 1. The Bertz CT molecular complexity index is 323. The van der Waals surface area contributed by atoms with Gasteiger partial charge in [-0.25, -0.2) is 0 Å². The van der Waals surface area contributed by atoms with Gasteiger partial charge in [0, 0.05) is 30.6 Å². The van der Waals surface area contributed by atoms with Crippen LogP contribution < -0.4 is 5.32 Å². The third-order valence-corrected chi connectivity index (χ3v) is 3.50. The molecule has 15 heavy (non-hydrogen) atoms. The fourth-order valence-corrected chi connectivity index (χ4v) is 2.53. The predicted octanol–water partition coefficient (Wildman–Crippen LogP) is 1.11. The average Bonchev–Trinajstić information content (AvgIpc) is 2.70. The Balaban J connectivity index is 1.90. The third kappa shape index (κ3) is 2.79. The van der Waals surface area contributed by atoms with E-state index >= 15 is 0 Å². The lowest BCUT2D eigenvalue weighted by molar-refractivity contribution is -0.131. The van der Waals surface area contributed by atoms with Crippen LogP contribution in [0, 0.1) is 0 Å². The number of carbonyl (C=O) groups excluding carboxylic acids is 1. The molecule has 1 atom stereocenters. The fraction of sp³-hybridized carbons (Fsp3) is 0.545. The molecule has 0 radical (unpaired) electrons. The van der Waals surface area contributed by atoms with Gasteiger partial charge in [-0.2, -0.15) is 0 Å². The molecule has 0 saturated carbocycles. The molecule has 1 unspecified atom stereocenters. The third-order valence-electron chi connectivity index (χ3n) is 2.63. The number of hydrogen-bond acceptors (Lipinski definition) is 3. The smallest absolute Gasteiger partial charge is 0.227 e. The molecule has 1 aliphatic rings. The summed E-state index contributed by atoms with van der Waals surface area (Å²) in [6, 6.07) is 4.44. The molecule has 1 N–H and O–H groups in total. The number of carbonyl (C=O) groups is 1. The van der Waals surface area contributed by atoms with E-state index in [-0.39, 0.29) is 5.91 Å². The van der Waals surface area contributed by atoms with Crippen LogP contribution in [-0.2, 0) is 11.2 Å². The number of rotatable bonds is 2. The highest BCUT2D eigenvalue weighted by Crippen LogP contribution is 2.11. The van der Waals surface area contributed by atoms with Crippen LogP contribution in [0.15, 0.2) is 17.5 Å². The lowest BCUT2D eigenvalue weighted by Gasteiger charge is -2.31. The van der Waals surface area contributed by atoms with Crippen molar-refractivity contribution in [2.75, 3.05) is 19.6 Å². The number of nitrogens with zero attached hydrogens (tertiary/aromatic N) is 1. The summed E-state index contributed by atoms with van der Waals surface area (Å²) < 4.78 is 0. The van der Waals surface area contributed by atoms with Gasteiger partial charge in [0.15, 0.2) is 0 Å². The summed E-state index contributed by atoms with van der Waals surface area (Å²) in [6.45, 7) is 4.71. The van der Waals surface area contributed by atoms with Crippen molar-refractivity contribution in [3.05, 3.63) is 22.4 Å². The molecule has 2 rings (SSSR count). The van der Waals surface area contributed by atoms with Crippen LogP contribution >= 0.6 is 11.3 Å². The highest BCUT2D eigenvalue weighted by molar-refractivity contribution is 7.10. The minimum absolute atomic E-state index is 0.255. The fourth-order valence-electron chi connectivity index (χ4n) is 1.83. The van der Waals surface area contributed by atoms with E-state index in [0.29, 0.717) is 12.5 Å². The van der Waals surface area contributed by atoms with Gasteiger partial charge in [0.1, 0.15) is 0 Å². The first-order valence-electron chi connectivity index (χ1n) is 5.29. The summed E-state index contributed by atoms with van der Waals surface area (Å²) in [6.07, 6.45) is 0.560. The molecule has 3 nitrogen and oxygen atoms in total. The van der Waals surface area contributed by atoms with E-state index in [2.05, 4.69) is 12.2 Å². The highest BCUT2D eigenvalue weighted by Gasteiger charge is 2.20. The SMILES string of the molecule is CC1CN(C(=O)Cc2cccs2)CCN1. The maximum absolute atomic E-state index is 11.9. The number of piperazine rings is 1. The second kappa shape index (κ2) is 4.77. The van der Waals surface area contributed by atoms with Gasteiger partial charge in [0.05, 0.1) is 6.42 Å². The zero-order valence-corrected chi connectivity index (χ0v) is 9.72. The van der Waals surface area contributed by atoms with Crippen molar-refractivity contribution in [3.8, 4) is 0 Å². The second-order valence-corrected chi connectivity index (χ2v) is 4.98. The van der Waals surface area contributed by atoms with Gasteiger partial charge >= 0.3 is 0 Å². The summed E-state index contributed by atoms with van der Waals surface area (Å²) in [5, 5.41) is 5.35. The zero-order valence-electron chi connectivity index (χ0n) is 8.90. The van der Waals surface area contributed by atoms with E-state index in [1.807, 2.05) is 22.4 Å². The van der Waals surface area contributed by atoms with Crippen LogP contribution in [0.2, 0.25) is 0 Å². The number of amides is 1. The zero-order chi connectivity index (χ0) is 10.7. The summed E-state index contributed by atoms with van der Waals surface area (Å²) >= 11 is 1.65. The summed E-state index contributed by atoms with van der Waals surface area (Å²) in [7, 11) is 0. The van der Waals surface area contributed by atoms with Crippen molar-refractivity contribution in [3.63, 3.8) is 0 Å². The van der Waals surface area contributed by atoms with Gasteiger partial charge in [-0.3, -0.25) is 4.79 Å². The number of hydrogen-bond donors (Lipinski definition) is 1. The van der Waals surface area contributed by atoms with E-state index in [1.165, 1.54) is 0 Å². The first-order valence-corrected chi connectivity index (χ1v) is 6.17. The molecule has 1 fully saturated rings. The minimum Gasteiger partial charge on any atom is -0.340 e. The molecule has 2 heterocycles. The van der Waals surface area contributed by atoms with Gasteiger partial charge in [0.2, 0.25) is 5.91 Å². The Morgan fingerprint density at radius 2 is 2.60 bits per heavy atom. The van der Waals surface area contributed by atoms with Gasteiger partial charge in [-0.05, 0) is 18.4 Å². The lowest BCUT2D eigenvalue weighted by atomic mass is 10.2. The van der Waals surface area contributed by atoms with Crippen LogP contribution in [0.25, 0.3) is 0 Å². The molecule has 0 aliphatic carbocycles. The topological polar surface area (TPSA) is 32.3 Å². The molecule has 1 saturated heterocycles. The lowest BCUT2D eigenvalue weighted by Crippen LogP contribution is -2.51. The summed E-state index contributed by atoms with van der Waals surface area (Å²) in [5.74, 6) is 0.255. The first-order chi connectivity index (χ1) is 7.25. The Hall–Kier alpha value is -0.870. The normalized spacial score (nSPS) is 21.7. The maximum atomic E-state index is 11.9. The van der Waals surface area contributed by atoms with Crippen molar-refractivity contribution >= 4 is 17.2 Å². The Morgan fingerprint density at radius 3 is 3.27 bits per heavy atom. The van der Waals surface area contributed by atoms with Crippen LogP contribution in [0.4, 0.5) is 0 Å². The first kappa shape index (κ1) is 10.6. The maximum Gasteiger partial charge on any atom is 0.227 e. The molecule has 1 aromatic heterocycles. The Morgan fingerprint density at radius 1 is 1.73 bits per heavy atom. The van der Waals surface area contributed by atoms with E-state index < -0.39 is 0 Å². The standard InChI is InChI=1S/C11H16N2OS/c1-9-8-13(5-4-12-9)11(14)7-10-3-2-6-15-10/h2-3,6,9,12H,4-5,7-8H2,1H3. The molecule has 1 aromatic rings. The molecule has 0 spiro atoms. The number of thiophene rings is 1. The van der Waals surface area contributed by atoms with Crippen molar-refractivity contribution in [1.29, 1.82) is 0 Å². The van der Waals surface area contributed by atoms with Crippen molar-refractivity contribution < 1.29 is 4.79 Å². The monoisotopic (exact) mass is 224 g/mol. The Labute approximate surface area is 94.1 Å². The van der Waals surface area contributed by atoms with Crippen LogP contribution in [0.1, 0.15) is 11.8 Å². The average molecular weight is 224 g/mol. The summed E-state index contributed by atoms with van der Waals surface area (Å²) in [4.78, 5) is 15.0. The molecule has 4 heteroatoms.